The van der Waals surface area contributed by atoms with Crippen LogP contribution in [0.2, 0.25) is 0 Å². The summed E-state index contributed by atoms with van der Waals surface area (Å²) < 4.78 is 18.8. The van der Waals surface area contributed by atoms with Crippen molar-refractivity contribution in [2.45, 2.75) is 38.2 Å². The maximum atomic E-state index is 12.5. The zero-order valence-corrected chi connectivity index (χ0v) is 20.2. The summed E-state index contributed by atoms with van der Waals surface area (Å²) in [5.41, 5.74) is 21.2. The van der Waals surface area contributed by atoms with Gasteiger partial charge in [0.15, 0.2) is 0 Å². The molecule has 0 radical (unpaired) electrons. The molecule has 182 valence electrons. The summed E-state index contributed by atoms with van der Waals surface area (Å²) in [7, 11) is 0. The van der Waals surface area contributed by atoms with Crippen LogP contribution < -0.4 is 16.2 Å². The van der Waals surface area contributed by atoms with Gasteiger partial charge < -0.3 is 16.2 Å². The van der Waals surface area contributed by atoms with E-state index in [-0.39, 0.29) is 12.8 Å². The van der Waals surface area contributed by atoms with Crippen molar-refractivity contribution in [1.29, 1.82) is 0 Å². The number of aryl methyl sites for hydroxylation is 1. The second kappa shape index (κ2) is 10.5. The van der Waals surface area contributed by atoms with Crippen LogP contribution in [0.3, 0.4) is 0 Å². The number of nitrogens with zero attached hydrogens (tertiary/aromatic N) is 1. The van der Waals surface area contributed by atoms with Crippen LogP contribution in [-0.4, -0.2) is 37.3 Å². The molecular weight excluding hydrogens is 437 g/mol. The number of halogens is 1. The summed E-state index contributed by atoms with van der Waals surface area (Å²) in [5, 5.41) is 0. The smallest absolute Gasteiger partial charge is 0.119 e. The Morgan fingerprint density at radius 3 is 2.40 bits per heavy atom. The fourth-order valence-corrected chi connectivity index (χ4v) is 5.36. The third kappa shape index (κ3) is 5.35. The van der Waals surface area contributed by atoms with Crippen molar-refractivity contribution in [3.05, 3.63) is 89.0 Å². The van der Waals surface area contributed by atoms with Gasteiger partial charge in [-0.15, -0.1) is 0 Å². The SMILES string of the molecule is Nc1ccc(C2=C(c3ccc(OC4CCN(CCCF)C4)cc3)c3cc(N)ccc3CCC2)cc1. The first-order valence-electron chi connectivity index (χ1n) is 12.6. The molecule has 1 aliphatic heterocycles. The number of fused-ring (bicyclic) bond motifs is 1. The van der Waals surface area contributed by atoms with Crippen molar-refractivity contribution < 1.29 is 9.13 Å². The molecule has 5 rings (SSSR count). The fourth-order valence-electron chi connectivity index (χ4n) is 5.36. The lowest BCUT2D eigenvalue weighted by Crippen LogP contribution is -2.26. The van der Waals surface area contributed by atoms with Gasteiger partial charge in [-0.25, -0.2) is 0 Å². The van der Waals surface area contributed by atoms with Gasteiger partial charge in [-0.2, -0.15) is 0 Å². The van der Waals surface area contributed by atoms with Crippen molar-refractivity contribution in [1.82, 2.24) is 4.90 Å². The summed E-state index contributed by atoms with van der Waals surface area (Å²) in [6.07, 6.45) is 4.83. The van der Waals surface area contributed by atoms with Gasteiger partial charge >= 0.3 is 0 Å². The average Bonchev–Trinajstić information content (AvgIpc) is 3.23. The van der Waals surface area contributed by atoms with Crippen LogP contribution in [0.15, 0.2) is 66.7 Å². The van der Waals surface area contributed by atoms with Gasteiger partial charge in [0.2, 0.25) is 0 Å². The monoisotopic (exact) mass is 471 g/mol. The Morgan fingerprint density at radius 1 is 0.886 bits per heavy atom. The van der Waals surface area contributed by atoms with Crippen LogP contribution in [0.1, 0.15) is 47.9 Å². The molecule has 0 amide bonds. The maximum Gasteiger partial charge on any atom is 0.119 e. The molecule has 1 saturated heterocycles. The van der Waals surface area contributed by atoms with E-state index >= 15 is 0 Å². The van der Waals surface area contributed by atoms with E-state index in [2.05, 4.69) is 53.4 Å². The minimum atomic E-state index is -0.257. The topological polar surface area (TPSA) is 64.5 Å². The van der Waals surface area contributed by atoms with Crippen molar-refractivity contribution in [2.75, 3.05) is 37.8 Å². The van der Waals surface area contributed by atoms with Crippen LogP contribution >= 0.6 is 0 Å². The molecule has 1 heterocycles. The van der Waals surface area contributed by atoms with Crippen molar-refractivity contribution in [3.63, 3.8) is 0 Å². The molecule has 3 aromatic rings. The van der Waals surface area contributed by atoms with Crippen molar-refractivity contribution >= 4 is 22.5 Å². The largest absolute Gasteiger partial charge is 0.489 e. The number of nitrogen functional groups attached to an aromatic ring is 2. The predicted molar refractivity (Wildman–Crippen MR) is 143 cm³/mol. The number of likely N-dealkylation sites (tertiary alicyclic amines) is 1. The second-order valence-corrected chi connectivity index (χ2v) is 9.64. The Balaban J connectivity index is 1.47. The standard InChI is InChI=1S/C30H34FN3O/c31-16-2-17-34-18-15-27(20-34)35-26-13-8-23(9-14-26)30-28(22-5-10-24(32)11-6-22)4-1-3-21-7-12-25(33)19-29(21)30/h5-14,19,27H,1-4,15-18,20,32-33H2. The van der Waals surface area contributed by atoms with Gasteiger partial charge in [-0.05, 0) is 102 Å². The molecule has 5 heteroatoms. The van der Waals surface area contributed by atoms with Gasteiger partial charge in [-0.3, -0.25) is 9.29 Å². The quantitative estimate of drug-likeness (QED) is 0.418. The molecule has 4 N–H and O–H groups in total. The van der Waals surface area contributed by atoms with Crippen LogP contribution in [0.5, 0.6) is 5.75 Å². The highest BCUT2D eigenvalue weighted by Gasteiger charge is 2.24. The first kappa shape index (κ1) is 23.4. The minimum Gasteiger partial charge on any atom is -0.489 e. The lowest BCUT2D eigenvalue weighted by molar-refractivity contribution is 0.198. The van der Waals surface area contributed by atoms with E-state index in [9.17, 15) is 4.39 Å². The Labute approximate surface area is 207 Å². The van der Waals surface area contributed by atoms with Gasteiger partial charge in [0.1, 0.15) is 11.9 Å². The molecule has 3 aromatic carbocycles. The summed E-state index contributed by atoms with van der Waals surface area (Å²) >= 11 is 0. The molecule has 4 nitrogen and oxygen atoms in total. The number of allylic oxidation sites excluding steroid dienone is 1. The second-order valence-electron chi connectivity index (χ2n) is 9.64. The van der Waals surface area contributed by atoms with E-state index in [1.807, 2.05) is 18.2 Å². The van der Waals surface area contributed by atoms with E-state index in [1.54, 1.807) is 0 Å². The number of alkyl halides is 1. The van der Waals surface area contributed by atoms with Crippen LogP contribution in [0.25, 0.3) is 11.1 Å². The normalized spacial score (nSPS) is 18.4. The fraction of sp³-hybridized carbons (Fsp3) is 0.333. The predicted octanol–water partition coefficient (Wildman–Crippen LogP) is 5.96. The lowest BCUT2D eigenvalue weighted by Gasteiger charge is -2.19. The molecule has 1 atom stereocenters. The Bertz CT molecular complexity index is 1190. The van der Waals surface area contributed by atoms with Gasteiger partial charge in [0, 0.05) is 31.0 Å². The molecule has 1 aliphatic carbocycles. The van der Waals surface area contributed by atoms with Gasteiger partial charge in [-0.1, -0.05) is 30.3 Å². The highest BCUT2D eigenvalue weighted by atomic mass is 19.1. The molecule has 0 bridgehead atoms. The molecule has 1 fully saturated rings. The molecule has 1 unspecified atom stereocenters. The lowest BCUT2D eigenvalue weighted by atomic mass is 9.87. The third-order valence-electron chi connectivity index (χ3n) is 7.12. The molecular formula is C30H34FN3O. The zero-order valence-electron chi connectivity index (χ0n) is 20.2. The summed E-state index contributed by atoms with van der Waals surface area (Å²) in [6.45, 7) is 2.38. The van der Waals surface area contributed by atoms with E-state index < -0.39 is 0 Å². The third-order valence-corrected chi connectivity index (χ3v) is 7.12. The minimum absolute atomic E-state index is 0.156. The average molecular weight is 472 g/mol. The molecule has 0 aromatic heterocycles. The summed E-state index contributed by atoms with van der Waals surface area (Å²) in [6, 6.07) is 22.9. The molecule has 0 spiro atoms. The van der Waals surface area contributed by atoms with E-state index in [0.29, 0.717) is 6.42 Å². The number of benzene rings is 3. The van der Waals surface area contributed by atoms with Crippen molar-refractivity contribution in [3.8, 4) is 5.75 Å². The first-order valence-corrected chi connectivity index (χ1v) is 12.6. The number of hydrogen-bond donors (Lipinski definition) is 2. The Morgan fingerprint density at radius 2 is 1.63 bits per heavy atom. The zero-order chi connectivity index (χ0) is 24.2. The van der Waals surface area contributed by atoms with E-state index in [0.717, 1.165) is 68.0 Å². The van der Waals surface area contributed by atoms with E-state index in [4.69, 9.17) is 16.2 Å². The van der Waals surface area contributed by atoms with Crippen LogP contribution in [-0.2, 0) is 6.42 Å². The number of anilines is 2. The molecule has 0 saturated carbocycles. The Hall–Kier alpha value is -3.31. The van der Waals surface area contributed by atoms with Crippen LogP contribution in [0.4, 0.5) is 15.8 Å². The number of nitrogens with two attached hydrogens (primary N) is 2. The highest BCUT2D eigenvalue weighted by molar-refractivity contribution is 6.00. The molecule has 35 heavy (non-hydrogen) atoms. The van der Waals surface area contributed by atoms with Crippen molar-refractivity contribution in [2.24, 2.45) is 0 Å². The number of hydrogen-bond acceptors (Lipinski definition) is 4. The molecule has 2 aliphatic rings. The Kier molecular flexibility index (Phi) is 7.05. The summed E-state index contributed by atoms with van der Waals surface area (Å²) in [4.78, 5) is 2.29. The van der Waals surface area contributed by atoms with E-state index in [1.165, 1.54) is 27.8 Å². The highest BCUT2D eigenvalue weighted by Crippen LogP contribution is 2.41. The first-order chi connectivity index (χ1) is 17.1. The number of rotatable bonds is 7. The summed E-state index contributed by atoms with van der Waals surface area (Å²) in [5.74, 6) is 0.877. The van der Waals surface area contributed by atoms with Gasteiger partial charge in [0.05, 0.1) is 6.67 Å². The van der Waals surface area contributed by atoms with Crippen LogP contribution in [0, 0.1) is 0 Å². The van der Waals surface area contributed by atoms with Gasteiger partial charge in [0.25, 0.3) is 0 Å². The number of ether oxygens (including phenoxy) is 1. The maximum absolute atomic E-state index is 12.5.